The van der Waals surface area contributed by atoms with E-state index >= 15 is 0 Å². The predicted octanol–water partition coefficient (Wildman–Crippen LogP) is 1.01. The van der Waals surface area contributed by atoms with Crippen molar-refractivity contribution in [3.05, 3.63) is 35.9 Å². The second kappa shape index (κ2) is 4.19. The third-order valence-electron chi connectivity index (χ3n) is 3.44. The lowest BCUT2D eigenvalue weighted by molar-refractivity contribution is -0.0590. The van der Waals surface area contributed by atoms with Crippen LogP contribution in [0, 0.1) is 6.92 Å². The average molecular weight is 244 g/mol. The van der Waals surface area contributed by atoms with Crippen LogP contribution in [0.15, 0.2) is 24.4 Å². The van der Waals surface area contributed by atoms with Gasteiger partial charge in [0.25, 0.3) is 0 Å². The highest BCUT2D eigenvalue weighted by molar-refractivity contribution is 5.57. The summed E-state index contributed by atoms with van der Waals surface area (Å²) in [5, 5.41) is 0. The quantitative estimate of drug-likeness (QED) is 0.844. The molecule has 0 amide bonds. The molecule has 94 valence electrons. The van der Waals surface area contributed by atoms with Crippen molar-refractivity contribution in [2.45, 2.75) is 12.3 Å². The van der Waals surface area contributed by atoms with E-state index in [1.165, 1.54) is 0 Å². The monoisotopic (exact) mass is 244 g/mol. The van der Waals surface area contributed by atoms with Crippen LogP contribution in [0.25, 0.3) is 11.4 Å². The van der Waals surface area contributed by atoms with E-state index in [1.807, 2.05) is 25.1 Å². The van der Waals surface area contributed by atoms with Gasteiger partial charge in [-0.2, -0.15) is 0 Å². The second-order valence-corrected chi connectivity index (χ2v) is 4.75. The summed E-state index contributed by atoms with van der Waals surface area (Å²) in [5.41, 5.74) is 8.49. The lowest BCUT2D eigenvalue weighted by atomic mass is 9.85. The topological polar surface area (TPSA) is 76.8 Å². The first-order valence-corrected chi connectivity index (χ1v) is 6.01. The zero-order valence-corrected chi connectivity index (χ0v) is 10.3. The molecule has 0 unspecified atom stereocenters. The van der Waals surface area contributed by atoms with Gasteiger partial charge in [0.1, 0.15) is 11.5 Å². The van der Waals surface area contributed by atoms with Crippen LogP contribution in [-0.2, 0) is 10.2 Å². The van der Waals surface area contributed by atoms with Crippen LogP contribution in [0.4, 0.5) is 0 Å². The number of imidazole rings is 1. The van der Waals surface area contributed by atoms with Gasteiger partial charge in [0.2, 0.25) is 0 Å². The summed E-state index contributed by atoms with van der Waals surface area (Å²) in [6.45, 7) is 3.82. The SMILES string of the molecule is Cc1[nH]c(C2(CN)COC2)nc1-c1ccccn1. The molecule has 18 heavy (non-hydrogen) atoms. The molecule has 3 heterocycles. The molecule has 0 bridgehead atoms. The van der Waals surface area contributed by atoms with Crippen molar-refractivity contribution in [1.29, 1.82) is 0 Å². The third-order valence-corrected chi connectivity index (χ3v) is 3.44. The Hall–Kier alpha value is -1.72. The standard InChI is InChI=1S/C13H16N4O/c1-9-11(10-4-2-3-5-15-10)17-12(16-9)13(6-14)7-18-8-13/h2-5H,6-8,14H2,1H3,(H,16,17). The molecule has 1 fully saturated rings. The molecule has 1 aliphatic rings. The smallest absolute Gasteiger partial charge is 0.119 e. The van der Waals surface area contributed by atoms with Crippen LogP contribution in [0.2, 0.25) is 0 Å². The second-order valence-electron chi connectivity index (χ2n) is 4.75. The summed E-state index contributed by atoms with van der Waals surface area (Å²) in [7, 11) is 0. The fourth-order valence-corrected chi connectivity index (χ4v) is 2.16. The van der Waals surface area contributed by atoms with E-state index in [0.29, 0.717) is 19.8 Å². The van der Waals surface area contributed by atoms with Gasteiger partial charge < -0.3 is 15.5 Å². The minimum atomic E-state index is -0.141. The Labute approximate surface area is 105 Å². The van der Waals surface area contributed by atoms with Gasteiger partial charge in [-0.3, -0.25) is 4.98 Å². The summed E-state index contributed by atoms with van der Waals surface area (Å²) < 4.78 is 5.28. The summed E-state index contributed by atoms with van der Waals surface area (Å²) in [4.78, 5) is 12.3. The first-order chi connectivity index (χ1) is 8.75. The number of pyridine rings is 1. The number of rotatable bonds is 3. The van der Waals surface area contributed by atoms with Crippen LogP contribution in [-0.4, -0.2) is 34.7 Å². The Balaban J connectivity index is 2.01. The van der Waals surface area contributed by atoms with E-state index < -0.39 is 0 Å². The number of ether oxygens (including phenoxy) is 1. The number of aromatic nitrogens is 3. The average Bonchev–Trinajstić information content (AvgIpc) is 2.72. The molecular weight excluding hydrogens is 228 g/mol. The zero-order chi connectivity index (χ0) is 12.6. The maximum Gasteiger partial charge on any atom is 0.119 e. The molecule has 0 radical (unpaired) electrons. The van der Waals surface area contributed by atoms with Crippen molar-refractivity contribution in [3.8, 4) is 11.4 Å². The van der Waals surface area contributed by atoms with Crippen molar-refractivity contribution < 1.29 is 4.74 Å². The Morgan fingerprint density at radius 2 is 2.28 bits per heavy atom. The van der Waals surface area contributed by atoms with Gasteiger partial charge in [-0.25, -0.2) is 4.98 Å². The van der Waals surface area contributed by atoms with Crippen LogP contribution in [0.1, 0.15) is 11.5 Å². The van der Waals surface area contributed by atoms with Gasteiger partial charge in [-0.1, -0.05) is 6.07 Å². The summed E-state index contributed by atoms with van der Waals surface area (Å²) in [6, 6.07) is 5.81. The predicted molar refractivity (Wildman–Crippen MR) is 68.1 cm³/mol. The van der Waals surface area contributed by atoms with Crippen LogP contribution >= 0.6 is 0 Å². The Morgan fingerprint density at radius 3 is 2.83 bits per heavy atom. The van der Waals surface area contributed by atoms with E-state index in [9.17, 15) is 0 Å². The number of hydrogen-bond acceptors (Lipinski definition) is 4. The first kappa shape index (κ1) is 11.4. The van der Waals surface area contributed by atoms with Gasteiger partial charge in [0.15, 0.2) is 0 Å². The van der Waals surface area contributed by atoms with E-state index in [4.69, 9.17) is 10.5 Å². The molecular formula is C13H16N4O. The molecule has 0 aliphatic carbocycles. The van der Waals surface area contributed by atoms with Crippen molar-refractivity contribution in [2.75, 3.05) is 19.8 Å². The summed E-state index contributed by atoms with van der Waals surface area (Å²) in [5.74, 6) is 0.911. The number of H-pyrrole nitrogens is 1. The highest BCUT2D eigenvalue weighted by Crippen LogP contribution is 2.31. The van der Waals surface area contributed by atoms with E-state index in [2.05, 4.69) is 15.0 Å². The number of hydrogen-bond donors (Lipinski definition) is 2. The largest absolute Gasteiger partial charge is 0.379 e. The maximum absolute atomic E-state index is 5.84. The van der Waals surface area contributed by atoms with E-state index in [0.717, 1.165) is 22.9 Å². The minimum Gasteiger partial charge on any atom is -0.379 e. The maximum atomic E-state index is 5.84. The lowest BCUT2D eigenvalue weighted by Gasteiger charge is -2.38. The number of aromatic amines is 1. The highest BCUT2D eigenvalue weighted by Gasteiger charge is 2.42. The summed E-state index contributed by atoms with van der Waals surface area (Å²) >= 11 is 0. The number of aryl methyl sites for hydroxylation is 1. The lowest BCUT2D eigenvalue weighted by Crippen LogP contribution is -2.53. The fourth-order valence-electron chi connectivity index (χ4n) is 2.16. The van der Waals surface area contributed by atoms with E-state index in [1.54, 1.807) is 6.20 Å². The molecule has 1 saturated heterocycles. The van der Waals surface area contributed by atoms with Crippen LogP contribution in [0.3, 0.4) is 0 Å². The zero-order valence-electron chi connectivity index (χ0n) is 10.3. The van der Waals surface area contributed by atoms with Gasteiger partial charge in [0, 0.05) is 18.4 Å². The molecule has 5 nitrogen and oxygen atoms in total. The van der Waals surface area contributed by atoms with Gasteiger partial charge in [-0.05, 0) is 19.1 Å². The first-order valence-electron chi connectivity index (χ1n) is 6.01. The van der Waals surface area contributed by atoms with Gasteiger partial charge in [0.05, 0.1) is 24.3 Å². The molecule has 0 spiro atoms. The molecule has 3 rings (SSSR count). The third kappa shape index (κ3) is 1.63. The number of nitrogens with zero attached hydrogens (tertiary/aromatic N) is 2. The molecule has 0 aromatic carbocycles. The normalized spacial score (nSPS) is 17.4. The van der Waals surface area contributed by atoms with Crippen LogP contribution < -0.4 is 5.73 Å². The van der Waals surface area contributed by atoms with Gasteiger partial charge in [-0.15, -0.1) is 0 Å². The number of nitrogens with two attached hydrogens (primary N) is 1. The van der Waals surface area contributed by atoms with Crippen molar-refractivity contribution in [2.24, 2.45) is 5.73 Å². The van der Waals surface area contributed by atoms with Crippen molar-refractivity contribution in [3.63, 3.8) is 0 Å². The Morgan fingerprint density at radius 1 is 1.44 bits per heavy atom. The molecule has 5 heteroatoms. The summed E-state index contributed by atoms with van der Waals surface area (Å²) in [6.07, 6.45) is 1.77. The van der Waals surface area contributed by atoms with Crippen molar-refractivity contribution in [1.82, 2.24) is 15.0 Å². The Kier molecular flexibility index (Phi) is 2.65. The molecule has 0 saturated carbocycles. The fraction of sp³-hybridized carbons (Fsp3) is 0.385. The van der Waals surface area contributed by atoms with Crippen molar-refractivity contribution >= 4 is 0 Å². The molecule has 1 aliphatic heterocycles. The van der Waals surface area contributed by atoms with E-state index in [-0.39, 0.29) is 5.41 Å². The molecule has 0 atom stereocenters. The number of nitrogens with one attached hydrogen (secondary N) is 1. The van der Waals surface area contributed by atoms with Crippen LogP contribution in [0.5, 0.6) is 0 Å². The molecule has 3 N–H and O–H groups in total. The minimum absolute atomic E-state index is 0.141. The Bertz CT molecular complexity index is 540. The highest BCUT2D eigenvalue weighted by atomic mass is 16.5. The molecule has 2 aromatic rings. The molecule has 2 aromatic heterocycles. The van der Waals surface area contributed by atoms with Gasteiger partial charge >= 0.3 is 0 Å².